The molecule has 0 aliphatic rings. The van der Waals surface area contributed by atoms with Crippen LogP contribution in [0.2, 0.25) is 10.0 Å². The first kappa shape index (κ1) is 13.3. The minimum absolute atomic E-state index is 0.127. The van der Waals surface area contributed by atoms with E-state index in [1.165, 1.54) is 6.07 Å². The summed E-state index contributed by atoms with van der Waals surface area (Å²) in [4.78, 5) is 0. The molecular formula is C14H12Cl2FN. The van der Waals surface area contributed by atoms with Crippen molar-refractivity contribution in [2.75, 3.05) is 7.05 Å². The van der Waals surface area contributed by atoms with E-state index in [1.54, 1.807) is 31.3 Å². The second kappa shape index (κ2) is 5.70. The number of hydrogen-bond donors (Lipinski definition) is 1. The van der Waals surface area contributed by atoms with Gasteiger partial charge >= 0.3 is 0 Å². The van der Waals surface area contributed by atoms with Gasteiger partial charge in [0.15, 0.2) is 0 Å². The molecule has 0 aliphatic heterocycles. The maximum Gasteiger partial charge on any atom is 0.146 e. The quantitative estimate of drug-likeness (QED) is 0.878. The molecule has 2 aromatic carbocycles. The van der Waals surface area contributed by atoms with Crippen molar-refractivity contribution in [2.24, 2.45) is 0 Å². The van der Waals surface area contributed by atoms with Crippen LogP contribution in [0.25, 0.3) is 0 Å². The molecule has 0 fully saturated rings. The Balaban J connectivity index is 2.45. The summed E-state index contributed by atoms with van der Waals surface area (Å²) >= 11 is 11.7. The lowest BCUT2D eigenvalue weighted by Crippen LogP contribution is -2.19. The van der Waals surface area contributed by atoms with Gasteiger partial charge in [-0.2, -0.15) is 0 Å². The van der Waals surface area contributed by atoms with Crippen LogP contribution in [0, 0.1) is 5.82 Å². The third kappa shape index (κ3) is 2.66. The highest BCUT2D eigenvalue weighted by Gasteiger charge is 2.17. The first-order valence-corrected chi connectivity index (χ1v) is 6.25. The van der Waals surface area contributed by atoms with E-state index in [0.29, 0.717) is 10.6 Å². The third-order valence-corrected chi connectivity index (χ3v) is 3.33. The first-order valence-electron chi connectivity index (χ1n) is 5.50. The van der Waals surface area contributed by atoms with Crippen molar-refractivity contribution in [3.05, 3.63) is 69.5 Å². The van der Waals surface area contributed by atoms with Crippen molar-refractivity contribution in [2.45, 2.75) is 6.04 Å². The molecule has 18 heavy (non-hydrogen) atoms. The standard InChI is InChI=1S/C14H12Cl2FN/c1-18-14(9-5-7-10(15)8-6-9)11-3-2-4-12(16)13(11)17/h2-8,14,18H,1H3. The summed E-state index contributed by atoms with van der Waals surface area (Å²) in [5.74, 6) is -0.395. The van der Waals surface area contributed by atoms with Gasteiger partial charge in [-0.1, -0.05) is 47.5 Å². The zero-order valence-corrected chi connectivity index (χ0v) is 11.3. The van der Waals surface area contributed by atoms with Crippen LogP contribution in [0.3, 0.4) is 0 Å². The fourth-order valence-corrected chi connectivity index (χ4v) is 2.21. The number of hydrogen-bond acceptors (Lipinski definition) is 1. The average Bonchev–Trinajstić information content (AvgIpc) is 2.37. The molecular weight excluding hydrogens is 272 g/mol. The Morgan fingerprint density at radius 3 is 2.33 bits per heavy atom. The normalized spacial score (nSPS) is 12.4. The Hall–Kier alpha value is -1.09. The molecule has 0 aromatic heterocycles. The predicted molar refractivity (Wildman–Crippen MR) is 73.8 cm³/mol. The number of nitrogens with one attached hydrogen (secondary N) is 1. The highest BCUT2D eigenvalue weighted by Crippen LogP contribution is 2.28. The van der Waals surface area contributed by atoms with Crippen molar-refractivity contribution in [1.29, 1.82) is 0 Å². The Bertz CT molecular complexity index is 540. The lowest BCUT2D eigenvalue weighted by Gasteiger charge is -2.18. The third-order valence-electron chi connectivity index (χ3n) is 2.78. The Labute approximate surface area is 116 Å². The van der Waals surface area contributed by atoms with Gasteiger partial charge in [0, 0.05) is 10.6 Å². The Morgan fingerprint density at radius 2 is 1.72 bits per heavy atom. The average molecular weight is 284 g/mol. The molecule has 0 saturated heterocycles. The topological polar surface area (TPSA) is 12.0 Å². The molecule has 1 N–H and O–H groups in total. The summed E-state index contributed by atoms with van der Waals surface area (Å²) < 4.78 is 14.0. The van der Waals surface area contributed by atoms with Gasteiger partial charge in [-0.25, -0.2) is 4.39 Å². The number of halogens is 3. The first-order chi connectivity index (χ1) is 8.63. The molecule has 2 rings (SSSR count). The fourth-order valence-electron chi connectivity index (χ4n) is 1.90. The van der Waals surface area contributed by atoms with Crippen LogP contribution in [0.15, 0.2) is 42.5 Å². The van der Waals surface area contributed by atoms with E-state index in [9.17, 15) is 4.39 Å². The van der Waals surface area contributed by atoms with Crippen molar-refractivity contribution in [3.63, 3.8) is 0 Å². The highest BCUT2D eigenvalue weighted by molar-refractivity contribution is 6.31. The molecule has 0 saturated carbocycles. The second-order valence-electron chi connectivity index (χ2n) is 3.92. The molecule has 94 valence electrons. The van der Waals surface area contributed by atoms with E-state index in [4.69, 9.17) is 23.2 Å². The predicted octanol–water partition coefficient (Wildman–Crippen LogP) is 4.44. The van der Waals surface area contributed by atoms with Crippen LogP contribution in [0.4, 0.5) is 4.39 Å². The van der Waals surface area contributed by atoms with E-state index in [2.05, 4.69) is 5.32 Å². The summed E-state index contributed by atoms with van der Waals surface area (Å²) in [6.07, 6.45) is 0. The van der Waals surface area contributed by atoms with Gasteiger partial charge in [0.05, 0.1) is 11.1 Å². The summed E-state index contributed by atoms with van der Waals surface area (Å²) in [6, 6.07) is 12.0. The molecule has 0 aliphatic carbocycles. The maximum atomic E-state index is 14.0. The smallest absolute Gasteiger partial charge is 0.146 e. The van der Waals surface area contributed by atoms with E-state index in [1.807, 2.05) is 12.1 Å². The number of rotatable bonds is 3. The molecule has 0 spiro atoms. The van der Waals surface area contributed by atoms with E-state index in [0.717, 1.165) is 5.56 Å². The minimum atomic E-state index is -0.395. The molecule has 2 aromatic rings. The molecule has 0 bridgehead atoms. The van der Waals surface area contributed by atoms with Crippen LogP contribution in [-0.4, -0.2) is 7.05 Å². The van der Waals surface area contributed by atoms with Crippen molar-refractivity contribution in [1.82, 2.24) is 5.32 Å². The lowest BCUT2D eigenvalue weighted by atomic mass is 9.98. The SMILES string of the molecule is CNC(c1ccc(Cl)cc1)c1cccc(Cl)c1F. The van der Waals surface area contributed by atoms with Gasteiger partial charge in [0.1, 0.15) is 5.82 Å². The molecule has 1 atom stereocenters. The van der Waals surface area contributed by atoms with Gasteiger partial charge in [-0.15, -0.1) is 0 Å². The van der Waals surface area contributed by atoms with Crippen molar-refractivity contribution in [3.8, 4) is 0 Å². The van der Waals surface area contributed by atoms with Crippen LogP contribution >= 0.6 is 23.2 Å². The van der Waals surface area contributed by atoms with Crippen LogP contribution in [0.5, 0.6) is 0 Å². The molecule has 1 unspecified atom stereocenters. The Kier molecular flexibility index (Phi) is 4.23. The molecule has 1 nitrogen and oxygen atoms in total. The van der Waals surface area contributed by atoms with Gasteiger partial charge in [0.25, 0.3) is 0 Å². The van der Waals surface area contributed by atoms with Gasteiger partial charge < -0.3 is 5.32 Å². The number of benzene rings is 2. The molecule has 0 amide bonds. The van der Waals surface area contributed by atoms with Crippen molar-refractivity contribution < 1.29 is 4.39 Å². The van der Waals surface area contributed by atoms with E-state index < -0.39 is 5.82 Å². The second-order valence-corrected chi connectivity index (χ2v) is 4.76. The van der Waals surface area contributed by atoms with Crippen LogP contribution in [0.1, 0.15) is 17.2 Å². The highest BCUT2D eigenvalue weighted by atomic mass is 35.5. The van der Waals surface area contributed by atoms with Gasteiger partial charge in [-0.3, -0.25) is 0 Å². The van der Waals surface area contributed by atoms with Crippen LogP contribution < -0.4 is 5.32 Å². The van der Waals surface area contributed by atoms with Crippen molar-refractivity contribution >= 4 is 23.2 Å². The molecule has 0 radical (unpaired) electrons. The van der Waals surface area contributed by atoms with Gasteiger partial charge in [-0.05, 0) is 30.8 Å². The zero-order chi connectivity index (χ0) is 13.1. The summed E-state index contributed by atoms with van der Waals surface area (Å²) in [5.41, 5.74) is 1.45. The Morgan fingerprint density at radius 1 is 1.06 bits per heavy atom. The van der Waals surface area contributed by atoms with Crippen LogP contribution in [-0.2, 0) is 0 Å². The summed E-state index contributed by atoms with van der Waals surface area (Å²) in [7, 11) is 1.78. The minimum Gasteiger partial charge on any atom is -0.309 e. The largest absolute Gasteiger partial charge is 0.309 e. The van der Waals surface area contributed by atoms with Gasteiger partial charge in [0.2, 0.25) is 0 Å². The fraction of sp³-hybridized carbons (Fsp3) is 0.143. The molecule has 0 heterocycles. The molecule has 4 heteroatoms. The van der Waals surface area contributed by atoms with E-state index >= 15 is 0 Å². The summed E-state index contributed by atoms with van der Waals surface area (Å²) in [5, 5.41) is 3.86. The van der Waals surface area contributed by atoms with E-state index in [-0.39, 0.29) is 11.1 Å². The maximum absolute atomic E-state index is 14.0. The monoisotopic (exact) mass is 283 g/mol. The lowest BCUT2D eigenvalue weighted by molar-refractivity contribution is 0.576. The zero-order valence-electron chi connectivity index (χ0n) is 9.75. The summed E-state index contributed by atoms with van der Waals surface area (Å²) in [6.45, 7) is 0.